The van der Waals surface area contributed by atoms with Crippen molar-refractivity contribution >= 4 is 23.5 Å². The van der Waals surface area contributed by atoms with Crippen LogP contribution in [0.5, 0.6) is 0 Å². The Kier molecular flexibility index (Phi) is 4.60. The first-order chi connectivity index (χ1) is 13.7. The predicted molar refractivity (Wildman–Crippen MR) is 118 cm³/mol. The van der Waals surface area contributed by atoms with Gasteiger partial charge in [-0.3, -0.25) is 9.40 Å². The lowest BCUT2D eigenvalue weighted by atomic mass is 9.59. The number of hydrogen-bond acceptors (Lipinski definition) is 3. The van der Waals surface area contributed by atoms with E-state index in [1.165, 1.54) is 21.7 Å². The van der Waals surface area contributed by atoms with Gasteiger partial charge >= 0.3 is 0 Å². The van der Waals surface area contributed by atoms with Crippen molar-refractivity contribution in [2.75, 3.05) is 6.54 Å². The highest BCUT2D eigenvalue weighted by atomic mass is 35.5. The average molecular weight is 407 g/mol. The van der Waals surface area contributed by atoms with Crippen LogP contribution in [0.4, 0.5) is 0 Å². The molecule has 3 heterocycles. The molecule has 5 rings (SSSR count). The van der Waals surface area contributed by atoms with E-state index in [1.54, 1.807) is 0 Å². The molecule has 2 nitrogen and oxygen atoms in total. The zero-order chi connectivity index (χ0) is 19.1. The molecule has 3 aliphatic rings. The van der Waals surface area contributed by atoms with E-state index in [-0.39, 0.29) is 5.41 Å². The van der Waals surface area contributed by atoms with Gasteiger partial charge in [-0.1, -0.05) is 61.5 Å². The molecule has 0 saturated carbocycles. The molecule has 0 radical (unpaired) electrons. The van der Waals surface area contributed by atoms with Crippen molar-refractivity contribution < 1.29 is 0 Å². The summed E-state index contributed by atoms with van der Waals surface area (Å²) in [6.07, 6.45) is 14.0. The number of benzene rings is 1. The first-order valence-electron chi connectivity index (χ1n) is 9.84. The van der Waals surface area contributed by atoms with Crippen molar-refractivity contribution in [3.05, 3.63) is 101 Å². The lowest BCUT2D eigenvalue weighted by Gasteiger charge is -2.49. The topological polar surface area (TPSA) is 16.1 Å². The molecule has 1 aliphatic carbocycles. The molecule has 0 bridgehead atoms. The molecule has 142 valence electrons. The minimum absolute atomic E-state index is 0.0896. The number of halogens is 1. The molecule has 4 atom stereocenters. The maximum absolute atomic E-state index is 6.74. The summed E-state index contributed by atoms with van der Waals surface area (Å²) in [5.74, 6) is 0.745. The second-order valence-electron chi connectivity index (χ2n) is 7.82. The highest BCUT2D eigenvalue weighted by Crippen LogP contribution is 2.68. The summed E-state index contributed by atoms with van der Waals surface area (Å²) in [4.78, 5) is 5.80. The van der Waals surface area contributed by atoms with Gasteiger partial charge in [0.05, 0.1) is 12.0 Å². The van der Waals surface area contributed by atoms with E-state index in [0.717, 1.165) is 13.0 Å². The standard InChI is InChI=1S/C24H23ClN2S/c1-17-21(15-18-7-6-13-26-16-18)28-23-12-14-27(25)22-11-5-10-20(24(17,22)23)19-8-3-2-4-9-19/h2-13,16-17,20-21H,14-15H2,1H3. The number of pyridine rings is 1. The van der Waals surface area contributed by atoms with Crippen LogP contribution in [0.2, 0.25) is 0 Å². The Labute approximate surface area is 176 Å². The molecule has 0 N–H and O–H groups in total. The van der Waals surface area contributed by atoms with Crippen molar-refractivity contribution in [3.63, 3.8) is 0 Å². The van der Waals surface area contributed by atoms with Gasteiger partial charge in [0.2, 0.25) is 0 Å². The third-order valence-corrected chi connectivity index (χ3v) is 8.41. The molecule has 1 fully saturated rings. The van der Waals surface area contributed by atoms with Gasteiger partial charge < -0.3 is 0 Å². The summed E-state index contributed by atoms with van der Waals surface area (Å²) in [6.45, 7) is 3.17. The Morgan fingerprint density at radius 2 is 2.07 bits per heavy atom. The van der Waals surface area contributed by atoms with Crippen LogP contribution < -0.4 is 0 Å². The van der Waals surface area contributed by atoms with Gasteiger partial charge in [0.25, 0.3) is 0 Å². The van der Waals surface area contributed by atoms with Crippen molar-refractivity contribution in [3.8, 4) is 0 Å². The van der Waals surface area contributed by atoms with Crippen molar-refractivity contribution in [2.45, 2.75) is 24.5 Å². The Hall–Kier alpha value is -1.97. The molecular formula is C24H23ClN2S. The van der Waals surface area contributed by atoms with Crippen molar-refractivity contribution in [1.82, 2.24) is 9.40 Å². The van der Waals surface area contributed by atoms with Gasteiger partial charge in [-0.05, 0) is 40.5 Å². The molecule has 1 aromatic heterocycles. The van der Waals surface area contributed by atoms with E-state index in [2.05, 4.69) is 72.6 Å². The summed E-state index contributed by atoms with van der Waals surface area (Å²) in [5.41, 5.74) is 3.82. The fourth-order valence-electron chi connectivity index (χ4n) is 5.15. The monoisotopic (exact) mass is 406 g/mol. The zero-order valence-corrected chi connectivity index (χ0v) is 17.4. The molecule has 1 saturated heterocycles. The molecule has 1 spiro atoms. The summed E-state index contributed by atoms with van der Waals surface area (Å²) in [7, 11) is 0. The quantitative estimate of drug-likeness (QED) is 0.585. The summed E-state index contributed by atoms with van der Waals surface area (Å²) < 4.78 is 1.92. The molecule has 0 amide bonds. The van der Waals surface area contributed by atoms with Gasteiger partial charge in [-0.15, -0.1) is 11.8 Å². The van der Waals surface area contributed by atoms with Crippen LogP contribution in [0, 0.1) is 11.3 Å². The number of aromatic nitrogens is 1. The lowest BCUT2D eigenvalue weighted by Crippen LogP contribution is -2.44. The summed E-state index contributed by atoms with van der Waals surface area (Å²) >= 11 is 8.79. The van der Waals surface area contributed by atoms with Crippen LogP contribution in [0.3, 0.4) is 0 Å². The molecule has 1 aromatic carbocycles. The van der Waals surface area contributed by atoms with E-state index in [4.69, 9.17) is 11.8 Å². The number of nitrogens with zero attached hydrogens (tertiary/aromatic N) is 2. The van der Waals surface area contributed by atoms with Crippen molar-refractivity contribution in [1.29, 1.82) is 0 Å². The SMILES string of the molecule is CC1C(Cc2cccnc2)SC2=CCN(Cl)C3=CC=CC(c4ccccc4)C231. The predicted octanol–water partition coefficient (Wildman–Crippen LogP) is 5.95. The van der Waals surface area contributed by atoms with Gasteiger partial charge in [-0.25, -0.2) is 0 Å². The van der Waals surface area contributed by atoms with Crippen LogP contribution in [0.15, 0.2) is 89.8 Å². The minimum atomic E-state index is -0.0896. The second-order valence-corrected chi connectivity index (χ2v) is 9.51. The maximum atomic E-state index is 6.74. The third-order valence-electron chi connectivity index (χ3n) is 6.45. The van der Waals surface area contributed by atoms with Gasteiger partial charge in [0.15, 0.2) is 0 Å². The van der Waals surface area contributed by atoms with Crippen LogP contribution >= 0.6 is 23.5 Å². The lowest BCUT2D eigenvalue weighted by molar-refractivity contribution is 0.221. The number of rotatable bonds is 3. The van der Waals surface area contributed by atoms with E-state index in [0.29, 0.717) is 17.1 Å². The highest BCUT2D eigenvalue weighted by molar-refractivity contribution is 8.04. The van der Waals surface area contributed by atoms with Gasteiger partial charge in [0.1, 0.15) is 0 Å². The number of thioether (sulfide) groups is 1. The summed E-state index contributed by atoms with van der Waals surface area (Å²) in [6, 6.07) is 15.1. The minimum Gasteiger partial charge on any atom is -0.285 e. The maximum Gasteiger partial charge on any atom is 0.0561 e. The average Bonchev–Trinajstić information content (AvgIpc) is 3.01. The van der Waals surface area contributed by atoms with E-state index >= 15 is 0 Å². The van der Waals surface area contributed by atoms with Gasteiger partial charge in [0, 0.05) is 41.0 Å². The van der Waals surface area contributed by atoms with Crippen LogP contribution in [0.25, 0.3) is 0 Å². The number of hydrogen-bond donors (Lipinski definition) is 0. The molecule has 2 aromatic rings. The third kappa shape index (κ3) is 2.67. The molecule has 28 heavy (non-hydrogen) atoms. The van der Waals surface area contributed by atoms with E-state index in [9.17, 15) is 0 Å². The summed E-state index contributed by atoms with van der Waals surface area (Å²) in [5, 5.41) is 0.500. The first-order valence-corrected chi connectivity index (χ1v) is 11.1. The first kappa shape index (κ1) is 18.1. The second kappa shape index (κ2) is 7.13. The van der Waals surface area contributed by atoms with Crippen LogP contribution in [-0.4, -0.2) is 21.2 Å². The van der Waals surface area contributed by atoms with Crippen LogP contribution in [0.1, 0.15) is 24.0 Å². The fraction of sp³-hybridized carbons (Fsp3) is 0.292. The number of allylic oxidation sites excluding steroid dienone is 4. The normalized spacial score (nSPS) is 31.1. The molecule has 4 heteroatoms. The Morgan fingerprint density at radius 1 is 1.21 bits per heavy atom. The van der Waals surface area contributed by atoms with Crippen molar-refractivity contribution in [2.24, 2.45) is 11.3 Å². The largest absolute Gasteiger partial charge is 0.285 e. The van der Waals surface area contributed by atoms with E-state index < -0.39 is 0 Å². The molecule has 4 unspecified atom stereocenters. The van der Waals surface area contributed by atoms with E-state index in [1.807, 2.05) is 34.6 Å². The fourth-order valence-corrected chi connectivity index (χ4v) is 7.22. The zero-order valence-electron chi connectivity index (χ0n) is 15.8. The smallest absolute Gasteiger partial charge is 0.0561 e. The highest BCUT2D eigenvalue weighted by Gasteiger charge is 2.59. The Balaban J connectivity index is 1.61. The Bertz CT molecular complexity index is 953. The molecule has 2 aliphatic heterocycles. The Morgan fingerprint density at radius 3 is 2.86 bits per heavy atom. The van der Waals surface area contributed by atoms with Gasteiger partial charge in [-0.2, -0.15) is 0 Å². The van der Waals surface area contributed by atoms with Crippen LogP contribution in [-0.2, 0) is 6.42 Å². The molecular weight excluding hydrogens is 384 g/mol.